The minimum Gasteiger partial charge on any atom is -0.309 e. The Morgan fingerprint density at radius 1 is 1.19 bits per heavy atom. The topological polar surface area (TPSA) is 18.5 Å². The van der Waals surface area contributed by atoms with Gasteiger partial charge >= 0.3 is 0 Å². The van der Waals surface area contributed by atoms with Gasteiger partial charge in [0, 0.05) is 35.4 Å². The standard InChI is InChI=1S/C17H29N3S/c1-19-9-7-14(8-10-19)12-20(2)13-17-6-5-16(21-17)11-18-15-3-4-15/h5-6,14-15,18H,3-4,7-13H2,1-2H3. The monoisotopic (exact) mass is 307 g/mol. The summed E-state index contributed by atoms with van der Waals surface area (Å²) in [6.07, 6.45) is 5.47. The molecule has 1 aromatic heterocycles. The average Bonchev–Trinajstić information content (AvgIpc) is 3.19. The summed E-state index contributed by atoms with van der Waals surface area (Å²) >= 11 is 1.98. The Hall–Kier alpha value is -0.420. The van der Waals surface area contributed by atoms with Crippen molar-refractivity contribution in [2.75, 3.05) is 33.7 Å². The Morgan fingerprint density at radius 3 is 2.62 bits per heavy atom. The Labute approximate surface area is 133 Å². The fourth-order valence-corrected chi connectivity index (χ4v) is 4.20. The van der Waals surface area contributed by atoms with Crippen molar-refractivity contribution in [1.82, 2.24) is 15.1 Å². The summed E-state index contributed by atoms with van der Waals surface area (Å²) in [5.74, 6) is 0.891. The van der Waals surface area contributed by atoms with Gasteiger partial charge in [0.25, 0.3) is 0 Å². The summed E-state index contributed by atoms with van der Waals surface area (Å²) in [5, 5.41) is 3.60. The largest absolute Gasteiger partial charge is 0.309 e. The second kappa shape index (κ2) is 7.23. The number of piperidine rings is 1. The first-order valence-electron chi connectivity index (χ1n) is 8.37. The van der Waals surface area contributed by atoms with E-state index in [2.05, 4.69) is 41.3 Å². The highest BCUT2D eigenvalue weighted by Gasteiger charge is 2.20. The fourth-order valence-electron chi connectivity index (χ4n) is 3.15. The van der Waals surface area contributed by atoms with Crippen molar-refractivity contribution in [3.05, 3.63) is 21.9 Å². The van der Waals surface area contributed by atoms with Crippen LogP contribution in [0.2, 0.25) is 0 Å². The maximum atomic E-state index is 3.60. The molecule has 0 aromatic carbocycles. The number of likely N-dealkylation sites (tertiary alicyclic amines) is 1. The summed E-state index contributed by atoms with van der Waals surface area (Å²) in [5.41, 5.74) is 0. The Kier molecular flexibility index (Phi) is 5.33. The zero-order valence-corrected chi connectivity index (χ0v) is 14.3. The van der Waals surface area contributed by atoms with E-state index in [0.29, 0.717) is 0 Å². The molecule has 1 saturated carbocycles. The van der Waals surface area contributed by atoms with Crippen LogP contribution in [0.15, 0.2) is 12.1 Å². The van der Waals surface area contributed by atoms with Crippen LogP contribution in [0.25, 0.3) is 0 Å². The van der Waals surface area contributed by atoms with Gasteiger partial charge in [-0.15, -0.1) is 11.3 Å². The first-order valence-corrected chi connectivity index (χ1v) is 9.19. The maximum Gasteiger partial charge on any atom is 0.0325 e. The van der Waals surface area contributed by atoms with Crippen LogP contribution in [0.5, 0.6) is 0 Å². The lowest BCUT2D eigenvalue weighted by molar-refractivity contribution is 0.174. The summed E-state index contributed by atoms with van der Waals surface area (Å²) in [4.78, 5) is 7.97. The zero-order valence-electron chi connectivity index (χ0n) is 13.5. The number of nitrogens with zero attached hydrogens (tertiary/aromatic N) is 2. The van der Waals surface area contributed by atoms with Gasteiger partial charge in [-0.05, 0) is 70.9 Å². The minimum absolute atomic E-state index is 0.808. The molecule has 0 radical (unpaired) electrons. The molecule has 3 rings (SSSR count). The Morgan fingerprint density at radius 2 is 1.90 bits per heavy atom. The van der Waals surface area contributed by atoms with Crippen molar-refractivity contribution in [3.63, 3.8) is 0 Å². The molecule has 1 N–H and O–H groups in total. The van der Waals surface area contributed by atoms with E-state index in [1.165, 1.54) is 55.1 Å². The van der Waals surface area contributed by atoms with Crippen molar-refractivity contribution in [1.29, 1.82) is 0 Å². The molecule has 21 heavy (non-hydrogen) atoms. The Balaban J connectivity index is 1.40. The van der Waals surface area contributed by atoms with Crippen molar-refractivity contribution >= 4 is 11.3 Å². The molecule has 1 aliphatic heterocycles. The molecule has 2 heterocycles. The smallest absolute Gasteiger partial charge is 0.0325 e. The van der Waals surface area contributed by atoms with E-state index in [1.807, 2.05) is 11.3 Å². The molecule has 2 aliphatic rings. The molecule has 2 fully saturated rings. The number of rotatable bonds is 7. The second-order valence-electron chi connectivity index (χ2n) is 6.97. The third-order valence-electron chi connectivity index (χ3n) is 4.69. The van der Waals surface area contributed by atoms with E-state index in [-0.39, 0.29) is 0 Å². The van der Waals surface area contributed by atoms with Crippen LogP contribution >= 0.6 is 11.3 Å². The quantitative estimate of drug-likeness (QED) is 0.835. The molecule has 1 aliphatic carbocycles. The summed E-state index contributed by atoms with van der Waals surface area (Å²) < 4.78 is 0. The van der Waals surface area contributed by atoms with E-state index in [1.54, 1.807) is 0 Å². The molecule has 0 amide bonds. The summed E-state index contributed by atoms with van der Waals surface area (Å²) in [6.45, 7) is 5.97. The van der Waals surface area contributed by atoms with Crippen LogP contribution in [0, 0.1) is 5.92 Å². The van der Waals surface area contributed by atoms with Crippen molar-refractivity contribution in [2.45, 2.75) is 44.8 Å². The highest BCUT2D eigenvalue weighted by atomic mass is 32.1. The fraction of sp³-hybridized carbons (Fsp3) is 0.765. The first kappa shape index (κ1) is 15.5. The van der Waals surface area contributed by atoms with Gasteiger partial charge < -0.3 is 15.1 Å². The predicted octanol–water partition coefficient (Wildman–Crippen LogP) is 2.77. The predicted molar refractivity (Wildman–Crippen MR) is 90.7 cm³/mol. The number of hydrogen-bond donors (Lipinski definition) is 1. The molecule has 0 unspecified atom stereocenters. The van der Waals surface area contributed by atoms with Gasteiger partial charge in [-0.1, -0.05) is 0 Å². The lowest BCUT2D eigenvalue weighted by Gasteiger charge is -2.31. The highest BCUT2D eigenvalue weighted by Crippen LogP contribution is 2.23. The number of nitrogens with one attached hydrogen (secondary N) is 1. The molecule has 3 nitrogen and oxygen atoms in total. The molecular formula is C17H29N3S. The molecule has 0 bridgehead atoms. The van der Waals surface area contributed by atoms with E-state index < -0.39 is 0 Å². The van der Waals surface area contributed by atoms with Crippen LogP contribution in [0.1, 0.15) is 35.4 Å². The normalized spacial score (nSPS) is 21.3. The molecular weight excluding hydrogens is 278 g/mol. The third kappa shape index (κ3) is 5.06. The van der Waals surface area contributed by atoms with Gasteiger partial charge in [0.1, 0.15) is 0 Å². The lowest BCUT2D eigenvalue weighted by Crippen LogP contribution is -2.35. The second-order valence-corrected chi connectivity index (χ2v) is 8.22. The Bertz CT molecular complexity index is 433. The van der Waals surface area contributed by atoms with Crippen LogP contribution < -0.4 is 5.32 Å². The van der Waals surface area contributed by atoms with E-state index in [4.69, 9.17) is 0 Å². The van der Waals surface area contributed by atoms with Gasteiger partial charge in [-0.2, -0.15) is 0 Å². The molecule has 4 heteroatoms. The third-order valence-corrected chi connectivity index (χ3v) is 5.76. The highest BCUT2D eigenvalue weighted by molar-refractivity contribution is 7.11. The van der Waals surface area contributed by atoms with E-state index in [0.717, 1.165) is 25.0 Å². The molecule has 0 atom stereocenters. The van der Waals surface area contributed by atoms with Gasteiger partial charge in [-0.25, -0.2) is 0 Å². The summed E-state index contributed by atoms with van der Waals surface area (Å²) in [7, 11) is 4.52. The van der Waals surface area contributed by atoms with Gasteiger partial charge in [0.2, 0.25) is 0 Å². The summed E-state index contributed by atoms with van der Waals surface area (Å²) in [6, 6.07) is 5.43. The minimum atomic E-state index is 0.808. The first-order chi connectivity index (χ1) is 10.2. The van der Waals surface area contributed by atoms with Gasteiger partial charge in [0.15, 0.2) is 0 Å². The van der Waals surface area contributed by atoms with Gasteiger partial charge in [0.05, 0.1) is 0 Å². The van der Waals surface area contributed by atoms with Crippen molar-refractivity contribution < 1.29 is 0 Å². The van der Waals surface area contributed by atoms with Crippen LogP contribution in [0.4, 0.5) is 0 Å². The molecule has 118 valence electrons. The van der Waals surface area contributed by atoms with Crippen molar-refractivity contribution in [3.8, 4) is 0 Å². The molecule has 1 aromatic rings. The maximum absolute atomic E-state index is 3.60. The average molecular weight is 308 g/mol. The van der Waals surface area contributed by atoms with Gasteiger partial charge in [-0.3, -0.25) is 0 Å². The van der Waals surface area contributed by atoms with E-state index >= 15 is 0 Å². The van der Waals surface area contributed by atoms with E-state index in [9.17, 15) is 0 Å². The number of hydrogen-bond acceptors (Lipinski definition) is 4. The van der Waals surface area contributed by atoms with Crippen molar-refractivity contribution in [2.24, 2.45) is 5.92 Å². The SMILES string of the molecule is CN1CCC(CN(C)Cc2ccc(CNC3CC3)s2)CC1. The van der Waals surface area contributed by atoms with Crippen LogP contribution in [0.3, 0.4) is 0 Å². The van der Waals surface area contributed by atoms with Crippen LogP contribution in [-0.4, -0.2) is 49.6 Å². The zero-order chi connectivity index (χ0) is 14.7. The van der Waals surface area contributed by atoms with Crippen LogP contribution in [-0.2, 0) is 13.1 Å². The molecule has 1 saturated heterocycles. The molecule has 0 spiro atoms. The number of thiophene rings is 1. The lowest BCUT2D eigenvalue weighted by atomic mass is 9.97.